The summed E-state index contributed by atoms with van der Waals surface area (Å²) in [5.74, 6) is -0.257. The van der Waals surface area contributed by atoms with Gasteiger partial charge in [-0.05, 0) is 36.1 Å². The Hall–Kier alpha value is -2.70. The molecule has 0 bridgehead atoms. The molecule has 32 heavy (non-hydrogen) atoms. The molecule has 0 spiro atoms. The zero-order valence-corrected chi connectivity index (χ0v) is 19.4. The zero-order chi connectivity index (χ0) is 22.7. The van der Waals surface area contributed by atoms with Crippen LogP contribution in [-0.2, 0) is 6.54 Å². The average molecular weight is 435 g/mol. The van der Waals surface area contributed by atoms with E-state index >= 15 is 0 Å². The third kappa shape index (κ3) is 5.37. The van der Waals surface area contributed by atoms with E-state index in [1.807, 2.05) is 18.3 Å². The minimum absolute atomic E-state index is 0.257. The maximum Gasteiger partial charge on any atom is 0.188 e. The lowest BCUT2D eigenvalue weighted by Gasteiger charge is -2.37. The Bertz CT molecular complexity index is 1060. The normalized spacial score (nSPS) is 15.4. The second-order valence-electron chi connectivity index (χ2n) is 9.97. The molecule has 1 aliphatic rings. The van der Waals surface area contributed by atoms with Crippen molar-refractivity contribution in [1.29, 1.82) is 0 Å². The van der Waals surface area contributed by atoms with Crippen LogP contribution in [0.1, 0.15) is 43.1 Å². The Kier molecular flexibility index (Phi) is 6.63. The highest BCUT2D eigenvalue weighted by Gasteiger charge is 2.20. The van der Waals surface area contributed by atoms with E-state index in [9.17, 15) is 4.79 Å². The van der Waals surface area contributed by atoms with Crippen LogP contribution in [-0.4, -0.2) is 64.7 Å². The van der Waals surface area contributed by atoms with Gasteiger partial charge in [0.2, 0.25) is 0 Å². The lowest BCUT2D eigenvalue weighted by Crippen LogP contribution is -2.47. The standard InChI is InChI=1S/C26H34N4O2/c1-26(2,3)9-11-28-12-14-29(15-13-28)23-16-22-8-10-30(25(22)27-17-23)18-20-4-6-21(7-5-20)24(32)19-31/h4-8,10,16-17,31H,9,11-15,18-19H2,1-3H3. The van der Waals surface area contributed by atoms with E-state index in [1.54, 1.807) is 12.1 Å². The molecule has 3 heterocycles. The highest BCUT2D eigenvalue weighted by molar-refractivity contribution is 5.96. The van der Waals surface area contributed by atoms with Crippen LogP contribution in [0.4, 0.5) is 5.69 Å². The number of hydrogen-bond donors (Lipinski definition) is 1. The SMILES string of the molecule is CC(C)(C)CCN1CCN(c2cnc3c(ccn3Cc3ccc(C(=O)CO)cc3)c2)CC1. The molecule has 1 N–H and O–H groups in total. The van der Waals surface area contributed by atoms with Gasteiger partial charge in [0.05, 0.1) is 11.9 Å². The predicted molar refractivity (Wildman–Crippen MR) is 129 cm³/mol. The van der Waals surface area contributed by atoms with Crippen LogP contribution in [0.5, 0.6) is 0 Å². The smallest absolute Gasteiger partial charge is 0.188 e. The van der Waals surface area contributed by atoms with Crippen molar-refractivity contribution >= 4 is 22.5 Å². The van der Waals surface area contributed by atoms with E-state index in [1.165, 1.54) is 18.7 Å². The van der Waals surface area contributed by atoms with Crippen molar-refractivity contribution in [2.45, 2.75) is 33.7 Å². The van der Waals surface area contributed by atoms with E-state index in [0.29, 0.717) is 17.5 Å². The monoisotopic (exact) mass is 434 g/mol. The molecule has 0 amide bonds. The minimum Gasteiger partial charge on any atom is -0.388 e. The summed E-state index contributed by atoms with van der Waals surface area (Å²) in [6, 6.07) is 11.8. The van der Waals surface area contributed by atoms with Gasteiger partial charge in [0.1, 0.15) is 12.3 Å². The highest BCUT2D eigenvalue weighted by atomic mass is 16.3. The van der Waals surface area contributed by atoms with Crippen LogP contribution in [0.2, 0.25) is 0 Å². The molecule has 0 atom stereocenters. The number of Topliss-reactive ketones (excluding diaryl/α,β-unsaturated/α-hetero) is 1. The van der Waals surface area contributed by atoms with E-state index < -0.39 is 6.61 Å². The fraction of sp³-hybridized carbons (Fsp3) is 0.462. The number of nitrogens with zero attached hydrogens (tertiary/aromatic N) is 4. The summed E-state index contributed by atoms with van der Waals surface area (Å²) in [7, 11) is 0. The largest absolute Gasteiger partial charge is 0.388 e. The van der Waals surface area contributed by atoms with Crippen molar-refractivity contribution in [3.8, 4) is 0 Å². The first kappa shape index (κ1) is 22.5. The van der Waals surface area contributed by atoms with Crippen LogP contribution in [0.25, 0.3) is 11.0 Å². The number of piperazine rings is 1. The molecule has 1 aliphatic heterocycles. The molecule has 4 rings (SSSR count). The average Bonchev–Trinajstić information content (AvgIpc) is 3.19. The summed E-state index contributed by atoms with van der Waals surface area (Å²) in [5.41, 5.74) is 4.17. The van der Waals surface area contributed by atoms with E-state index in [-0.39, 0.29) is 5.78 Å². The molecule has 1 fully saturated rings. The van der Waals surface area contributed by atoms with Crippen LogP contribution >= 0.6 is 0 Å². The van der Waals surface area contributed by atoms with E-state index in [0.717, 1.165) is 42.8 Å². The summed E-state index contributed by atoms with van der Waals surface area (Å²) in [6.45, 7) is 12.6. The number of aliphatic hydroxyl groups excluding tert-OH is 1. The first-order valence-corrected chi connectivity index (χ1v) is 11.5. The predicted octanol–water partition coefficient (Wildman–Crippen LogP) is 3.82. The molecule has 0 unspecified atom stereocenters. The molecule has 0 aliphatic carbocycles. The molecule has 0 saturated carbocycles. The van der Waals surface area contributed by atoms with Crippen LogP contribution in [0, 0.1) is 5.41 Å². The lowest BCUT2D eigenvalue weighted by molar-refractivity contribution is 0.0903. The lowest BCUT2D eigenvalue weighted by atomic mass is 9.92. The first-order valence-electron chi connectivity index (χ1n) is 11.5. The highest BCUT2D eigenvalue weighted by Crippen LogP contribution is 2.24. The number of benzene rings is 1. The number of hydrogen-bond acceptors (Lipinski definition) is 5. The number of aliphatic hydroxyl groups is 1. The molecule has 6 heteroatoms. The maximum atomic E-state index is 11.6. The topological polar surface area (TPSA) is 61.6 Å². The van der Waals surface area contributed by atoms with Crippen molar-refractivity contribution in [2.24, 2.45) is 5.41 Å². The summed E-state index contributed by atoms with van der Waals surface area (Å²) in [5, 5.41) is 10.1. The maximum absolute atomic E-state index is 11.6. The Balaban J connectivity index is 1.39. The van der Waals surface area contributed by atoms with Crippen molar-refractivity contribution in [3.63, 3.8) is 0 Å². The Labute approximate surface area is 190 Å². The third-order valence-electron chi connectivity index (χ3n) is 6.27. The molecule has 2 aromatic heterocycles. The first-order chi connectivity index (χ1) is 15.3. The summed E-state index contributed by atoms with van der Waals surface area (Å²) in [6.07, 6.45) is 5.29. The number of aromatic nitrogens is 2. The Morgan fingerprint density at radius 3 is 2.44 bits per heavy atom. The fourth-order valence-electron chi connectivity index (χ4n) is 4.17. The van der Waals surface area contributed by atoms with Crippen molar-refractivity contribution in [3.05, 3.63) is 59.9 Å². The fourth-order valence-corrected chi connectivity index (χ4v) is 4.17. The number of carbonyl (C=O) groups excluding carboxylic acids is 1. The number of fused-ring (bicyclic) bond motifs is 1. The molecular formula is C26H34N4O2. The van der Waals surface area contributed by atoms with Gasteiger partial charge >= 0.3 is 0 Å². The summed E-state index contributed by atoms with van der Waals surface area (Å²) >= 11 is 0. The van der Waals surface area contributed by atoms with E-state index in [4.69, 9.17) is 10.1 Å². The molecule has 1 aromatic carbocycles. The van der Waals surface area contributed by atoms with Crippen molar-refractivity contribution in [1.82, 2.24) is 14.5 Å². The molecule has 0 radical (unpaired) electrons. The van der Waals surface area contributed by atoms with Gasteiger partial charge in [-0.25, -0.2) is 4.98 Å². The van der Waals surface area contributed by atoms with E-state index in [2.05, 4.69) is 53.5 Å². The van der Waals surface area contributed by atoms with Crippen LogP contribution in [0.15, 0.2) is 48.8 Å². The third-order valence-corrected chi connectivity index (χ3v) is 6.27. The number of pyridine rings is 1. The van der Waals surface area contributed by atoms with Crippen LogP contribution in [0.3, 0.4) is 0 Å². The van der Waals surface area contributed by atoms with Gasteiger partial charge in [-0.15, -0.1) is 0 Å². The number of rotatable bonds is 7. The molecule has 1 saturated heterocycles. The second kappa shape index (κ2) is 9.43. The number of anilines is 1. The molecule has 3 aromatic rings. The summed E-state index contributed by atoms with van der Waals surface area (Å²) < 4.78 is 2.13. The quantitative estimate of drug-likeness (QED) is 0.573. The molecular weight excluding hydrogens is 400 g/mol. The van der Waals surface area contributed by atoms with Gasteiger partial charge in [0, 0.05) is 49.9 Å². The van der Waals surface area contributed by atoms with Gasteiger partial charge < -0.3 is 14.6 Å². The van der Waals surface area contributed by atoms with Crippen molar-refractivity contribution in [2.75, 3.05) is 44.2 Å². The van der Waals surface area contributed by atoms with Crippen LogP contribution < -0.4 is 4.90 Å². The Morgan fingerprint density at radius 1 is 1.06 bits per heavy atom. The van der Waals surface area contributed by atoms with Gasteiger partial charge in [0.25, 0.3) is 0 Å². The minimum atomic E-state index is -0.459. The number of carbonyl (C=O) groups is 1. The zero-order valence-electron chi connectivity index (χ0n) is 19.4. The van der Waals surface area contributed by atoms with Gasteiger partial charge in [-0.2, -0.15) is 0 Å². The summed E-state index contributed by atoms with van der Waals surface area (Å²) in [4.78, 5) is 21.4. The van der Waals surface area contributed by atoms with Gasteiger partial charge in [-0.3, -0.25) is 9.69 Å². The van der Waals surface area contributed by atoms with Crippen molar-refractivity contribution < 1.29 is 9.90 Å². The second-order valence-corrected chi connectivity index (χ2v) is 9.97. The number of ketones is 1. The molecule has 6 nitrogen and oxygen atoms in total. The Morgan fingerprint density at radius 2 is 1.78 bits per heavy atom. The van der Waals surface area contributed by atoms with Gasteiger partial charge in [0.15, 0.2) is 5.78 Å². The van der Waals surface area contributed by atoms with Gasteiger partial charge in [-0.1, -0.05) is 45.0 Å². The molecule has 170 valence electrons.